The zero-order chi connectivity index (χ0) is 26.4. The van der Waals surface area contributed by atoms with Crippen molar-refractivity contribution >= 4 is 63.6 Å². The van der Waals surface area contributed by atoms with Crippen molar-refractivity contribution in [3.63, 3.8) is 0 Å². The fraction of sp³-hybridized carbons (Fsp3) is 0.409. The van der Waals surface area contributed by atoms with E-state index in [1.54, 1.807) is 6.08 Å². The Labute approximate surface area is 218 Å². The number of likely N-dealkylation sites (tertiary alicyclic amines) is 1. The summed E-state index contributed by atoms with van der Waals surface area (Å²) >= 11 is 2.32. The summed E-state index contributed by atoms with van der Waals surface area (Å²) in [6, 6.07) is -0.772. The molecule has 0 bridgehead atoms. The summed E-state index contributed by atoms with van der Waals surface area (Å²) in [7, 11) is 0. The van der Waals surface area contributed by atoms with E-state index in [2.05, 4.69) is 20.3 Å². The maximum atomic E-state index is 13.0. The minimum Gasteiger partial charge on any atom is -0.477 e. The molecule has 5 rings (SSSR count). The SMILES string of the molecule is CC(=O)O/N=C(\C(=O)N[C@@H]1C(=O)N2C(C(=O)O)=C(/C=C3\CCN(C4CC4)C3=O)CS[C@H]12)c1csc(N)n1. The second-order valence-corrected chi connectivity index (χ2v) is 10.8. The fourth-order valence-electron chi connectivity index (χ4n) is 4.39. The average Bonchev–Trinajstić information content (AvgIpc) is 3.51. The van der Waals surface area contributed by atoms with Gasteiger partial charge in [0.05, 0.1) is 0 Å². The molecule has 4 N–H and O–H groups in total. The van der Waals surface area contributed by atoms with Gasteiger partial charge < -0.3 is 25.9 Å². The highest BCUT2D eigenvalue weighted by Gasteiger charge is 2.54. The van der Waals surface area contributed by atoms with Crippen LogP contribution in [0.15, 0.2) is 33.5 Å². The average molecular weight is 547 g/mol. The first-order valence-corrected chi connectivity index (χ1v) is 13.3. The molecule has 0 radical (unpaired) electrons. The van der Waals surface area contributed by atoms with Gasteiger partial charge in [-0.15, -0.1) is 23.1 Å². The second-order valence-electron chi connectivity index (χ2n) is 8.78. The number of amides is 3. The minimum absolute atomic E-state index is 0.0580. The zero-order valence-electron chi connectivity index (χ0n) is 19.5. The quantitative estimate of drug-likeness (QED) is 0.139. The van der Waals surface area contributed by atoms with Gasteiger partial charge in [0.25, 0.3) is 11.8 Å². The molecule has 2 saturated heterocycles. The van der Waals surface area contributed by atoms with Crippen LogP contribution in [-0.4, -0.2) is 85.0 Å². The Morgan fingerprint density at radius 3 is 2.70 bits per heavy atom. The van der Waals surface area contributed by atoms with Gasteiger partial charge in [-0.25, -0.2) is 14.6 Å². The van der Waals surface area contributed by atoms with Gasteiger partial charge in [-0.1, -0.05) is 5.16 Å². The summed E-state index contributed by atoms with van der Waals surface area (Å²) in [5, 5.41) is 16.9. The highest BCUT2D eigenvalue weighted by Crippen LogP contribution is 2.41. The first-order chi connectivity index (χ1) is 17.7. The molecule has 1 aromatic heterocycles. The minimum atomic E-state index is -1.30. The van der Waals surface area contributed by atoms with Crippen molar-refractivity contribution in [3.05, 3.63) is 34.0 Å². The lowest BCUT2D eigenvalue weighted by Crippen LogP contribution is -2.71. The van der Waals surface area contributed by atoms with Gasteiger partial charge in [-0.05, 0) is 30.9 Å². The van der Waals surface area contributed by atoms with Gasteiger partial charge in [-0.3, -0.25) is 19.3 Å². The molecule has 0 spiro atoms. The normalized spacial score (nSPS) is 24.8. The Morgan fingerprint density at radius 2 is 2.08 bits per heavy atom. The van der Waals surface area contributed by atoms with Crippen LogP contribution in [0.1, 0.15) is 31.9 Å². The summed E-state index contributed by atoms with van der Waals surface area (Å²) in [6.45, 7) is 1.72. The van der Waals surface area contributed by atoms with Crippen molar-refractivity contribution in [2.45, 2.75) is 43.6 Å². The number of hydrogen-bond acceptors (Lipinski definition) is 11. The van der Waals surface area contributed by atoms with Crippen molar-refractivity contribution in [1.82, 2.24) is 20.1 Å². The molecule has 3 fully saturated rings. The molecule has 2 atom stereocenters. The van der Waals surface area contributed by atoms with Crippen molar-refractivity contribution in [1.29, 1.82) is 0 Å². The van der Waals surface area contributed by atoms with Crippen molar-refractivity contribution in [3.8, 4) is 0 Å². The van der Waals surface area contributed by atoms with Gasteiger partial charge in [0.2, 0.25) is 5.91 Å². The number of carbonyl (C=O) groups is 5. The first-order valence-electron chi connectivity index (χ1n) is 11.4. The third-order valence-electron chi connectivity index (χ3n) is 6.23. The smallest absolute Gasteiger partial charge is 0.352 e. The number of nitrogens with one attached hydrogen (secondary N) is 1. The number of rotatable bonds is 7. The molecule has 0 unspecified atom stereocenters. The van der Waals surface area contributed by atoms with E-state index < -0.39 is 35.2 Å². The van der Waals surface area contributed by atoms with Crippen LogP contribution < -0.4 is 11.1 Å². The van der Waals surface area contributed by atoms with E-state index in [0.29, 0.717) is 24.1 Å². The van der Waals surface area contributed by atoms with Crippen LogP contribution in [0.25, 0.3) is 0 Å². The van der Waals surface area contributed by atoms with E-state index in [1.165, 1.54) is 17.1 Å². The second kappa shape index (κ2) is 9.63. The van der Waals surface area contributed by atoms with E-state index in [0.717, 1.165) is 36.0 Å². The lowest BCUT2D eigenvalue weighted by molar-refractivity contribution is -0.150. The van der Waals surface area contributed by atoms with E-state index in [1.807, 2.05) is 4.90 Å². The summed E-state index contributed by atoms with van der Waals surface area (Å²) in [4.78, 5) is 73.6. The predicted octanol–water partition coefficient (Wildman–Crippen LogP) is 0.0522. The largest absolute Gasteiger partial charge is 0.477 e. The molecule has 0 aromatic carbocycles. The number of nitrogens with zero attached hydrogens (tertiary/aromatic N) is 4. The third kappa shape index (κ3) is 4.71. The lowest BCUT2D eigenvalue weighted by atomic mass is 10.0. The summed E-state index contributed by atoms with van der Waals surface area (Å²) < 4.78 is 0. The molecule has 4 heterocycles. The van der Waals surface area contributed by atoms with Gasteiger partial charge >= 0.3 is 11.9 Å². The number of anilines is 1. The molecule has 1 aliphatic carbocycles. The molecular formula is C22H22N6O7S2. The van der Waals surface area contributed by atoms with E-state index in [9.17, 15) is 29.1 Å². The number of oxime groups is 1. The number of nitrogen functional groups attached to an aromatic ring is 1. The molecule has 3 amide bonds. The molecule has 37 heavy (non-hydrogen) atoms. The van der Waals surface area contributed by atoms with Crippen LogP contribution in [0.5, 0.6) is 0 Å². The van der Waals surface area contributed by atoms with Crippen molar-refractivity contribution < 1.29 is 33.9 Å². The Hall–Kier alpha value is -3.72. The first kappa shape index (κ1) is 25.0. The lowest BCUT2D eigenvalue weighted by Gasteiger charge is -2.49. The Balaban J connectivity index is 1.35. The molecule has 1 saturated carbocycles. The van der Waals surface area contributed by atoms with E-state index in [4.69, 9.17) is 5.73 Å². The van der Waals surface area contributed by atoms with E-state index in [-0.39, 0.29) is 39.9 Å². The highest BCUT2D eigenvalue weighted by molar-refractivity contribution is 8.00. The van der Waals surface area contributed by atoms with Gasteiger partial charge in [0.1, 0.15) is 22.8 Å². The standard InChI is InChI=1S/C22H22N6O7S2/c1-9(29)35-26-14(13-8-37-22(23)24-13)17(30)25-15-19(32)28-16(21(33)34)11(7-36-20(15)28)6-10-4-5-27(18(10)31)12-2-3-12/h6,8,12,15,20H,2-5,7H2,1H3,(H2,23,24)(H,25,30)(H,33,34)/b10-6+,26-14-/t15-,20-/m1/s1. The number of thioether (sulfide) groups is 1. The number of thiazole rings is 1. The van der Waals surface area contributed by atoms with Crippen LogP contribution in [0.2, 0.25) is 0 Å². The summed E-state index contributed by atoms with van der Waals surface area (Å²) in [5.41, 5.74) is 6.04. The Morgan fingerprint density at radius 1 is 1.32 bits per heavy atom. The number of carboxylic acids is 1. The molecule has 4 aliphatic rings. The van der Waals surface area contributed by atoms with Crippen LogP contribution in [-0.2, 0) is 28.8 Å². The number of allylic oxidation sites excluding steroid dienone is 1. The monoisotopic (exact) mass is 546 g/mol. The Kier molecular flexibility index (Phi) is 6.49. The maximum Gasteiger partial charge on any atom is 0.352 e. The maximum absolute atomic E-state index is 13.0. The Bertz CT molecular complexity index is 1310. The number of fused-ring (bicyclic) bond motifs is 1. The number of carboxylic acid groups (broad SMARTS) is 1. The van der Waals surface area contributed by atoms with E-state index >= 15 is 0 Å². The number of nitrogens with two attached hydrogens (primary N) is 1. The van der Waals surface area contributed by atoms with Crippen molar-refractivity contribution in [2.75, 3.05) is 18.0 Å². The van der Waals surface area contributed by atoms with Crippen LogP contribution >= 0.6 is 23.1 Å². The molecule has 194 valence electrons. The number of carbonyl (C=O) groups excluding carboxylic acids is 4. The molecule has 15 heteroatoms. The molecule has 3 aliphatic heterocycles. The van der Waals surface area contributed by atoms with Crippen LogP contribution in [0.3, 0.4) is 0 Å². The van der Waals surface area contributed by atoms with Crippen LogP contribution in [0, 0.1) is 0 Å². The number of aromatic nitrogens is 1. The van der Waals surface area contributed by atoms with Crippen molar-refractivity contribution in [2.24, 2.45) is 5.16 Å². The summed E-state index contributed by atoms with van der Waals surface area (Å²) in [5.74, 6) is -3.37. The topological polar surface area (TPSA) is 185 Å². The van der Waals surface area contributed by atoms with Gasteiger partial charge in [0.15, 0.2) is 10.8 Å². The van der Waals surface area contributed by atoms with Gasteiger partial charge in [0, 0.05) is 36.2 Å². The predicted molar refractivity (Wildman–Crippen MR) is 132 cm³/mol. The third-order valence-corrected chi connectivity index (χ3v) is 8.20. The number of aliphatic carboxylic acids is 1. The molecule has 1 aromatic rings. The summed E-state index contributed by atoms with van der Waals surface area (Å²) in [6.07, 6.45) is 4.08. The fourth-order valence-corrected chi connectivity index (χ4v) is 6.24. The molecular weight excluding hydrogens is 524 g/mol. The number of β-lactam (4-membered cyclic amide) rings is 1. The van der Waals surface area contributed by atoms with Gasteiger partial charge in [-0.2, -0.15) is 0 Å². The molecule has 13 nitrogen and oxygen atoms in total. The highest BCUT2D eigenvalue weighted by atomic mass is 32.2. The van der Waals surface area contributed by atoms with Crippen LogP contribution in [0.4, 0.5) is 5.13 Å². The zero-order valence-corrected chi connectivity index (χ0v) is 21.1. The number of hydrogen-bond donors (Lipinski definition) is 3.